The first kappa shape index (κ1) is 14.5. The van der Waals surface area contributed by atoms with Crippen molar-refractivity contribution in [1.29, 1.82) is 0 Å². The van der Waals surface area contributed by atoms with Crippen molar-refractivity contribution >= 4 is 32.3 Å². The van der Waals surface area contributed by atoms with Crippen molar-refractivity contribution in [3.63, 3.8) is 0 Å². The molecule has 2 rings (SSSR count). The van der Waals surface area contributed by atoms with Gasteiger partial charge in [-0.25, -0.2) is 9.78 Å². The predicted octanol–water partition coefficient (Wildman–Crippen LogP) is 0.772. The van der Waals surface area contributed by atoms with Crippen molar-refractivity contribution in [3.8, 4) is 0 Å². The number of fused-ring (bicyclic) bond motifs is 1. The Labute approximate surface area is 109 Å². The molecular weight excluding hydrogens is 270 g/mol. The molecular formula is C11H11N3O4S. The molecule has 0 saturated carbocycles. The van der Waals surface area contributed by atoms with Crippen LogP contribution in [0.2, 0.25) is 0 Å². The lowest BCUT2D eigenvalue weighted by Crippen LogP contribution is -2.03. The van der Waals surface area contributed by atoms with Crippen molar-refractivity contribution in [1.82, 2.24) is 9.97 Å². The second-order valence-electron chi connectivity index (χ2n) is 3.24. The van der Waals surface area contributed by atoms with Gasteiger partial charge in [0.15, 0.2) is 5.82 Å². The maximum atomic E-state index is 10.8. The van der Waals surface area contributed by atoms with E-state index in [0.29, 0.717) is 5.82 Å². The molecule has 100 valence electrons. The van der Waals surface area contributed by atoms with Gasteiger partial charge in [-0.3, -0.25) is 0 Å². The van der Waals surface area contributed by atoms with Crippen LogP contribution in [0, 0.1) is 0 Å². The van der Waals surface area contributed by atoms with Crippen LogP contribution in [-0.4, -0.2) is 34.5 Å². The molecule has 4 N–H and O–H groups in total. The SMILES string of the molecule is C=CC(c1nc2ccccc2[nH]1)=S(=O)=O.NC(=O)O. The number of imidazole rings is 1. The van der Waals surface area contributed by atoms with Gasteiger partial charge < -0.3 is 15.8 Å². The Morgan fingerprint density at radius 3 is 2.47 bits per heavy atom. The largest absolute Gasteiger partial charge is 0.465 e. The highest BCUT2D eigenvalue weighted by Gasteiger charge is 2.07. The van der Waals surface area contributed by atoms with Crippen LogP contribution in [0.4, 0.5) is 4.79 Å². The zero-order chi connectivity index (χ0) is 14.4. The van der Waals surface area contributed by atoms with Crippen molar-refractivity contribution < 1.29 is 18.3 Å². The summed E-state index contributed by atoms with van der Waals surface area (Å²) < 4.78 is 21.7. The average Bonchev–Trinajstić information content (AvgIpc) is 2.71. The van der Waals surface area contributed by atoms with Gasteiger partial charge in [0.2, 0.25) is 10.3 Å². The summed E-state index contributed by atoms with van der Waals surface area (Å²) in [4.78, 5) is 15.9. The number of allylic oxidation sites excluding steroid dienone is 1. The molecule has 1 aromatic heterocycles. The van der Waals surface area contributed by atoms with Crippen molar-refractivity contribution in [2.75, 3.05) is 0 Å². The second kappa shape index (κ2) is 6.36. The number of nitrogens with two attached hydrogens (primary N) is 1. The number of carbonyl (C=O) groups is 1. The van der Waals surface area contributed by atoms with Crippen LogP contribution in [0.5, 0.6) is 0 Å². The molecule has 0 aliphatic carbocycles. The molecule has 2 aromatic rings. The first-order chi connectivity index (χ1) is 8.95. The van der Waals surface area contributed by atoms with E-state index in [1.807, 2.05) is 24.3 Å². The van der Waals surface area contributed by atoms with E-state index in [-0.39, 0.29) is 4.86 Å². The quantitative estimate of drug-likeness (QED) is 0.426. The number of para-hydroxylation sites is 2. The third-order valence-electron chi connectivity index (χ3n) is 1.99. The fraction of sp³-hybridized carbons (Fsp3) is 0. The number of nitrogens with zero attached hydrogens (tertiary/aromatic N) is 1. The lowest BCUT2D eigenvalue weighted by molar-refractivity contribution is 0.205. The maximum absolute atomic E-state index is 10.8. The number of rotatable bonds is 2. The van der Waals surface area contributed by atoms with Crippen LogP contribution in [-0.2, 0) is 10.3 Å². The number of aromatic nitrogens is 2. The summed E-state index contributed by atoms with van der Waals surface area (Å²) in [5, 5.41) is 7.19. The standard InChI is InChI=1S/C10H8N2O2S.CH3NO2/c1-2-9(15(13)14)10-11-7-5-3-4-6-8(7)12-10;2-1(3)4/h2-6H,1H2,(H,11,12);2H2,(H,3,4). The lowest BCUT2D eigenvalue weighted by Gasteiger charge is -1.86. The van der Waals surface area contributed by atoms with Gasteiger partial charge in [0.25, 0.3) is 0 Å². The molecule has 1 heterocycles. The number of hydrogen-bond acceptors (Lipinski definition) is 4. The van der Waals surface area contributed by atoms with Crippen molar-refractivity contribution in [2.45, 2.75) is 0 Å². The molecule has 0 unspecified atom stereocenters. The molecule has 0 fully saturated rings. The number of nitrogens with one attached hydrogen (secondary N) is 1. The number of carboxylic acid groups (broad SMARTS) is 1. The normalized spacial score (nSPS) is 9.26. The van der Waals surface area contributed by atoms with Gasteiger partial charge in [0.05, 0.1) is 11.0 Å². The Morgan fingerprint density at radius 1 is 1.42 bits per heavy atom. The molecule has 0 spiro atoms. The first-order valence-electron chi connectivity index (χ1n) is 4.98. The number of aromatic amines is 1. The van der Waals surface area contributed by atoms with Crippen LogP contribution in [0.15, 0.2) is 36.9 Å². The topological polar surface area (TPSA) is 126 Å². The Bertz CT molecular complexity index is 701. The summed E-state index contributed by atoms with van der Waals surface area (Å²) in [5.41, 5.74) is 5.56. The first-order valence-corrected chi connectivity index (χ1v) is 6.05. The molecule has 0 atom stereocenters. The van der Waals surface area contributed by atoms with E-state index >= 15 is 0 Å². The van der Waals surface area contributed by atoms with Crippen LogP contribution < -0.4 is 5.73 Å². The Balaban J connectivity index is 0.000000399. The van der Waals surface area contributed by atoms with Gasteiger partial charge in [-0.2, -0.15) is 8.42 Å². The summed E-state index contributed by atoms with van der Waals surface area (Å²) in [6, 6.07) is 7.34. The molecule has 0 aliphatic heterocycles. The molecule has 0 bridgehead atoms. The fourth-order valence-corrected chi connectivity index (χ4v) is 1.70. The number of amides is 1. The Morgan fingerprint density at radius 2 is 2.00 bits per heavy atom. The van der Waals surface area contributed by atoms with Gasteiger partial charge in [0.1, 0.15) is 4.86 Å². The number of hydrogen-bond donors (Lipinski definition) is 3. The van der Waals surface area contributed by atoms with E-state index in [2.05, 4.69) is 22.3 Å². The minimum Gasteiger partial charge on any atom is -0.465 e. The third kappa shape index (κ3) is 3.96. The van der Waals surface area contributed by atoms with E-state index in [1.54, 1.807) is 0 Å². The smallest absolute Gasteiger partial charge is 0.402 e. The molecule has 1 aromatic carbocycles. The van der Waals surface area contributed by atoms with Crippen LogP contribution in [0.3, 0.4) is 0 Å². The predicted molar refractivity (Wildman–Crippen MR) is 71.5 cm³/mol. The zero-order valence-corrected chi connectivity index (χ0v) is 10.5. The van der Waals surface area contributed by atoms with E-state index in [9.17, 15) is 8.42 Å². The van der Waals surface area contributed by atoms with Crippen LogP contribution in [0.25, 0.3) is 11.0 Å². The number of H-pyrrole nitrogens is 1. The van der Waals surface area contributed by atoms with E-state index < -0.39 is 16.4 Å². The Kier molecular flexibility index (Phi) is 4.84. The summed E-state index contributed by atoms with van der Waals surface area (Å²) >= 11 is 0. The minimum atomic E-state index is -2.33. The third-order valence-corrected chi connectivity index (χ3v) is 2.71. The van der Waals surface area contributed by atoms with Gasteiger partial charge in [-0.05, 0) is 18.2 Å². The number of primary amides is 1. The number of benzene rings is 1. The zero-order valence-electron chi connectivity index (χ0n) is 9.70. The lowest BCUT2D eigenvalue weighted by atomic mass is 10.3. The second-order valence-corrected chi connectivity index (χ2v) is 4.15. The Hall–Kier alpha value is -2.61. The summed E-state index contributed by atoms with van der Waals surface area (Å²) in [7, 11) is -2.33. The summed E-state index contributed by atoms with van der Waals surface area (Å²) in [6.45, 7) is 3.44. The van der Waals surface area contributed by atoms with E-state index in [0.717, 1.165) is 11.0 Å². The molecule has 7 nitrogen and oxygen atoms in total. The molecule has 0 radical (unpaired) electrons. The van der Waals surface area contributed by atoms with E-state index in [4.69, 9.17) is 9.90 Å². The fourth-order valence-electron chi connectivity index (χ4n) is 1.31. The highest BCUT2D eigenvalue weighted by molar-refractivity contribution is 7.73. The molecule has 8 heteroatoms. The summed E-state index contributed by atoms with van der Waals surface area (Å²) in [6.07, 6.45) is -0.0686. The van der Waals surface area contributed by atoms with E-state index in [1.165, 1.54) is 6.08 Å². The van der Waals surface area contributed by atoms with Gasteiger partial charge in [-0.1, -0.05) is 18.7 Å². The van der Waals surface area contributed by atoms with Gasteiger partial charge >= 0.3 is 6.09 Å². The highest BCUT2D eigenvalue weighted by Crippen LogP contribution is 2.10. The molecule has 0 saturated heterocycles. The maximum Gasteiger partial charge on any atom is 0.402 e. The molecule has 0 aliphatic rings. The van der Waals surface area contributed by atoms with Crippen molar-refractivity contribution in [2.24, 2.45) is 5.73 Å². The summed E-state index contributed by atoms with van der Waals surface area (Å²) in [5.74, 6) is 0.319. The monoisotopic (exact) mass is 281 g/mol. The van der Waals surface area contributed by atoms with Gasteiger partial charge in [0, 0.05) is 0 Å². The minimum absolute atomic E-state index is 0.0752. The highest BCUT2D eigenvalue weighted by atomic mass is 32.2. The molecule has 19 heavy (non-hydrogen) atoms. The van der Waals surface area contributed by atoms with Crippen LogP contribution in [0.1, 0.15) is 5.82 Å². The van der Waals surface area contributed by atoms with Gasteiger partial charge in [-0.15, -0.1) is 0 Å². The van der Waals surface area contributed by atoms with Crippen LogP contribution >= 0.6 is 0 Å². The van der Waals surface area contributed by atoms with Crippen molar-refractivity contribution in [3.05, 3.63) is 42.7 Å². The molecule has 1 amide bonds. The average molecular weight is 281 g/mol.